The molecule has 1 N–H and O–H groups in total. The third-order valence-corrected chi connectivity index (χ3v) is 4.23. The Bertz CT molecular complexity index is 462. The molecular formula is C15H25BrN4. The number of hydrogen-bond donors (Lipinski definition) is 1. The maximum absolute atomic E-state index is 4.82. The van der Waals surface area contributed by atoms with Gasteiger partial charge in [0.05, 0.1) is 10.2 Å². The molecule has 1 aromatic rings. The minimum Gasteiger partial charge on any atom is -0.369 e. The van der Waals surface area contributed by atoms with E-state index >= 15 is 0 Å². The first-order chi connectivity index (χ1) is 9.43. The van der Waals surface area contributed by atoms with Gasteiger partial charge in [-0.2, -0.15) is 4.98 Å². The van der Waals surface area contributed by atoms with Crippen LogP contribution in [0.1, 0.15) is 52.7 Å². The summed E-state index contributed by atoms with van der Waals surface area (Å²) in [4.78, 5) is 11.8. The molecule has 112 valence electrons. The SMILES string of the molecule is CCCNc1nc(N2CCCC2)nc(C(C)(C)C)c1Br. The summed E-state index contributed by atoms with van der Waals surface area (Å²) in [6.45, 7) is 11.8. The quantitative estimate of drug-likeness (QED) is 0.900. The van der Waals surface area contributed by atoms with Crippen LogP contribution in [0.3, 0.4) is 0 Å². The molecule has 2 heterocycles. The van der Waals surface area contributed by atoms with Crippen LogP contribution in [0.5, 0.6) is 0 Å². The lowest BCUT2D eigenvalue weighted by Gasteiger charge is -2.24. The van der Waals surface area contributed by atoms with Crippen LogP contribution in [-0.2, 0) is 5.41 Å². The summed E-state index contributed by atoms with van der Waals surface area (Å²) < 4.78 is 1.00. The van der Waals surface area contributed by atoms with Crippen molar-refractivity contribution in [1.29, 1.82) is 0 Å². The summed E-state index contributed by atoms with van der Waals surface area (Å²) in [6, 6.07) is 0. The van der Waals surface area contributed by atoms with E-state index in [1.807, 2.05) is 0 Å². The molecule has 1 aliphatic heterocycles. The van der Waals surface area contributed by atoms with Gasteiger partial charge in [0.15, 0.2) is 0 Å². The van der Waals surface area contributed by atoms with Crippen molar-refractivity contribution in [2.45, 2.75) is 52.4 Å². The summed E-state index contributed by atoms with van der Waals surface area (Å²) in [5.41, 5.74) is 1.08. The van der Waals surface area contributed by atoms with Gasteiger partial charge < -0.3 is 10.2 Å². The molecule has 0 aliphatic carbocycles. The first kappa shape index (κ1) is 15.5. The van der Waals surface area contributed by atoms with E-state index in [9.17, 15) is 0 Å². The highest BCUT2D eigenvalue weighted by atomic mass is 79.9. The molecule has 0 bridgehead atoms. The molecule has 1 saturated heterocycles. The molecule has 4 nitrogen and oxygen atoms in total. The van der Waals surface area contributed by atoms with Crippen LogP contribution in [0.25, 0.3) is 0 Å². The van der Waals surface area contributed by atoms with Crippen molar-refractivity contribution in [3.8, 4) is 0 Å². The molecule has 20 heavy (non-hydrogen) atoms. The van der Waals surface area contributed by atoms with Gasteiger partial charge in [-0.1, -0.05) is 27.7 Å². The van der Waals surface area contributed by atoms with Crippen LogP contribution < -0.4 is 10.2 Å². The Balaban J connectivity index is 2.42. The van der Waals surface area contributed by atoms with E-state index in [0.29, 0.717) is 0 Å². The Hall–Kier alpha value is -0.840. The smallest absolute Gasteiger partial charge is 0.227 e. The summed E-state index contributed by atoms with van der Waals surface area (Å²) >= 11 is 3.68. The Kier molecular flexibility index (Phi) is 4.89. The average Bonchev–Trinajstić information content (AvgIpc) is 2.90. The van der Waals surface area contributed by atoms with Crippen molar-refractivity contribution in [1.82, 2.24) is 9.97 Å². The second-order valence-corrected chi connectivity index (χ2v) is 7.20. The first-order valence-corrected chi connectivity index (χ1v) is 8.29. The third-order valence-electron chi connectivity index (χ3n) is 3.48. The summed E-state index contributed by atoms with van der Waals surface area (Å²) in [5, 5.41) is 3.41. The van der Waals surface area contributed by atoms with Crippen molar-refractivity contribution in [3.05, 3.63) is 10.2 Å². The molecule has 1 aliphatic rings. The molecule has 0 unspecified atom stereocenters. The molecule has 0 aromatic carbocycles. The van der Waals surface area contributed by atoms with Crippen LogP contribution in [0, 0.1) is 0 Å². The fourth-order valence-electron chi connectivity index (χ4n) is 2.35. The second kappa shape index (κ2) is 6.29. The standard InChI is InChI=1S/C15H25BrN4/c1-5-8-17-13-11(16)12(15(2,3)4)18-14(19-13)20-9-6-7-10-20/h5-10H2,1-4H3,(H,17,18,19). The Labute approximate surface area is 130 Å². The Morgan fingerprint density at radius 2 is 1.85 bits per heavy atom. The van der Waals surface area contributed by atoms with E-state index in [4.69, 9.17) is 9.97 Å². The molecule has 0 radical (unpaired) electrons. The lowest BCUT2D eigenvalue weighted by Crippen LogP contribution is -2.25. The van der Waals surface area contributed by atoms with E-state index in [0.717, 1.165) is 48.0 Å². The van der Waals surface area contributed by atoms with Gasteiger partial charge in [0, 0.05) is 25.0 Å². The Morgan fingerprint density at radius 1 is 1.20 bits per heavy atom. The van der Waals surface area contributed by atoms with E-state index in [1.54, 1.807) is 0 Å². The Morgan fingerprint density at radius 3 is 2.40 bits per heavy atom. The molecule has 1 fully saturated rings. The molecule has 0 amide bonds. The molecule has 0 spiro atoms. The number of aromatic nitrogens is 2. The number of rotatable bonds is 4. The maximum Gasteiger partial charge on any atom is 0.227 e. The van der Waals surface area contributed by atoms with Gasteiger partial charge in [-0.15, -0.1) is 0 Å². The van der Waals surface area contributed by atoms with Gasteiger partial charge in [0.1, 0.15) is 5.82 Å². The molecular weight excluding hydrogens is 316 g/mol. The van der Waals surface area contributed by atoms with E-state index in [2.05, 4.69) is 53.8 Å². The van der Waals surface area contributed by atoms with Gasteiger partial charge in [-0.05, 0) is 35.2 Å². The van der Waals surface area contributed by atoms with Crippen molar-refractivity contribution >= 4 is 27.7 Å². The zero-order chi connectivity index (χ0) is 14.8. The monoisotopic (exact) mass is 340 g/mol. The van der Waals surface area contributed by atoms with E-state index in [1.165, 1.54) is 12.8 Å². The zero-order valence-corrected chi connectivity index (χ0v) is 14.5. The first-order valence-electron chi connectivity index (χ1n) is 7.50. The highest BCUT2D eigenvalue weighted by molar-refractivity contribution is 9.10. The van der Waals surface area contributed by atoms with E-state index < -0.39 is 0 Å². The van der Waals surface area contributed by atoms with E-state index in [-0.39, 0.29) is 5.41 Å². The molecule has 1 aromatic heterocycles. The highest BCUT2D eigenvalue weighted by Crippen LogP contribution is 2.34. The van der Waals surface area contributed by atoms with Crippen LogP contribution in [0.4, 0.5) is 11.8 Å². The fraction of sp³-hybridized carbons (Fsp3) is 0.733. The van der Waals surface area contributed by atoms with Crippen LogP contribution in [0.15, 0.2) is 4.47 Å². The summed E-state index contributed by atoms with van der Waals surface area (Å²) in [5.74, 6) is 1.79. The third kappa shape index (κ3) is 3.43. The van der Waals surface area contributed by atoms with Crippen molar-refractivity contribution < 1.29 is 0 Å². The highest BCUT2D eigenvalue weighted by Gasteiger charge is 2.25. The topological polar surface area (TPSA) is 41.1 Å². The van der Waals surface area contributed by atoms with Crippen LogP contribution >= 0.6 is 15.9 Å². The van der Waals surface area contributed by atoms with Crippen molar-refractivity contribution in [2.75, 3.05) is 29.9 Å². The van der Waals surface area contributed by atoms with Gasteiger partial charge in [-0.3, -0.25) is 0 Å². The minimum atomic E-state index is -0.00110. The number of hydrogen-bond acceptors (Lipinski definition) is 4. The van der Waals surface area contributed by atoms with Crippen LogP contribution in [0.2, 0.25) is 0 Å². The van der Waals surface area contributed by atoms with Crippen LogP contribution in [-0.4, -0.2) is 29.6 Å². The molecule has 0 saturated carbocycles. The largest absolute Gasteiger partial charge is 0.369 e. The van der Waals surface area contributed by atoms with Gasteiger partial charge in [0.2, 0.25) is 5.95 Å². The predicted octanol–water partition coefficient (Wildman–Crippen LogP) is 3.96. The number of halogens is 1. The fourth-order valence-corrected chi connectivity index (χ4v) is 3.26. The lowest BCUT2D eigenvalue weighted by atomic mass is 9.92. The maximum atomic E-state index is 4.82. The number of anilines is 2. The van der Waals surface area contributed by atoms with Gasteiger partial charge in [0.25, 0.3) is 0 Å². The molecule has 5 heteroatoms. The van der Waals surface area contributed by atoms with Crippen molar-refractivity contribution in [2.24, 2.45) is 0 Å². The van der Waals surface area contributed by atoms with Crippen molar-refractivity contribution in [3.63, 3.8) is 0 Å². The second-order valence-electron chi connectivity index (χ2n) is 6.41. The normalized spacial score (nSPS) is 15.8. The lowest BCUT2D eigenvalue weighted by molar-refractivity contribution is 0.562. The van der Waals surface area contributed by atoms with Gasteiger partial charge in [-0.25, -0.2) is 4.98 Å². The summed E-state index contributed by atoms with van der Waals surface area (Å²) in [7, 11) is 0. The minimum absolute atomic E-state index is 0.00110. The number of nitrogens with one attached hydrogen (secondary N) is 1. The predicted molar refractivity (Wildman–Crippen MR) is 88.7 cm³/mol. The molecule has 0 atom stereocenters. The van der Waals surface area contributed by atoms with Gasteiger partial charge >= 0.3 is 0 Å². The number of nitrogens with zero attached hydrogens (tertiary/aromatic N) is 3. The zero-order valence-electron chi connectivity index (χ0n) is 13.0. The average molecular weight is 341 g/mol. The summed E-state index contributed by atoms with van der Waals surface area (Å²) in [6.07, 6.45) is 3.56. The molecule has 2 rings (SSSR count).